The van der Waals surface area contributed by atoms with Gasteiger partial charge >= 0.3 is 5.97 Å². The molecule has 0 fully saturated rings. The first-order valence-electron chi connectivity index (χ1n) is 4.09. The zero-order valence-electron chi connectivity index (χ0n) is 7.80. The Kier molecular flexibility index (Phi) is 6.49. The van der Waals surface area contributed by atoms with Crippen LogP contribution >= 0.6 is 15.9 Å². The van der Waals surface area contributed by atoms with Gasteiger partial charge in [-0.2, -0.15) is 0 Å². The van der Waals surface area contributed by atoms with Crippen molar-refractivity contribution in [3.63, 3.8) is 0 Å². The molecule has 0 heterocycles. The van der Waals surface area contributed by atoms with E-state index in [1.807, 2.05) is 6.92 Å². The first-order valence-corrected chi connectivity index (χ1v) is 5.22. The van der Waals surface area contributed by atoms with E-state index in [0.717, 1.165) is 6.42 Å². The summed E-state index contributed by atoms with van der Waals surface area (Å²) in [7, 11) is 0. The lowest BCUT2D eigenvalue weighted by Crippen LogP contribution is -2.16. The fourth-order valence-corrected chi connectivity index (χ4v) is 1.04. The fourth-order valence-electron chi connectivity index (χ4n) is 0.737. The molecule has 0 rings (SSSR count). The minimum Gasteiger partial charge on any atom is -0.462 e. The Balaban J connectivity index is 4.26. The van der Waals surface area contributed by atoms with Crippen LogP contribution < -0.4 is 0 Å². The van der Waals surface area contributed by atoms with Crippen LogP contribution in [-0.4, -0.2) is 23.7 Å². The molecule has 0 radical (unpaired) electrons. The second-order valence-corrected chi connectivity index (χ2v) is 2.96. The molecule has 0 unspecified atom stereocenters. The summed E-state index contributed by atoms with van der Waals surface area (Å²) < 4.78 is 4.82. The second kappa shape index (κ2) is 6.83. The summed E-state index contributed by atoms with van der Waals surface area (Å²) in [5.74, 6) is -0.780. The van der Waals surface area contributed by atoms with Crippen molar-refractivity contribution in [2.24, 2.45) is 0 Å². The van der Waals surface area contributed by atoms with Crippen LogP contribution in [0.15, 0.2) is 11.6 Å². The van der Waals surface area contributed by atoms with Gasteiger partial charge in [-0.1, -0.05) is 28.9 Å². The number of rotatable bonds is 5. The number of hydrogen-bond donors (Lipinski definition) is 0. The van der Waals surface area contributed by atoms with Crippen molar-refractivity contribution in [3.8, 4) is 0 Å². The van der Waals surface area contributed by atoms with Gasteiger partial charge in [0.2, 0.25) is 0 Å². The number of halogens is 1. The Morgan fingerprint density at radius 2 is 2.08 bits per heavy atom. The predicted octanol–water partition coefficient (Wildman–Crippen LogP) is 1.85. The molecule has 0 amide bonds. The maximum atomic E-state index is 11.2. The summed E-state index contributed by atoms with van der Waals surface area (Å²) in [6.45, 7) is 3.89. The lowest BCUT2D eigenvalue weighted by atomic mass is 10.2. The Labute approximate surface area is 86.3 Å². The minimum atomic E-state index is -0.534. The van der Waals surface area contributed by atoms with E-state index in [4.69, 9.17) is 4.74 Å². The van der Waals surface area contributed by atoms with Crippen molar-refractivity contribution in [1.82, 2.24) is 0 Å². The molecule has 0 bridgehead atoms. The summed E-state index contributed by atoms with van der Waals surface area (Å²) in [6, 6.07) is 0. The summed E-state index contributed by atoms with van der Waals surface area (Å²) in [6.07, 6.45) is 2.23. The van der Waals surface area contributed by atoms with Gasteiger partial charge in [-0.25, -0.2) is 4.79 Å². The third kappa shape index (κ3) is 4.22. The molecule has 3 nitrogen and oxygen atoms in total. The van der Waals surface area contributed by atoms with Gasteiger partial charge in [0.1, 0.15) is 0 Å². The van der Waals surface area contributed by atoms with Crippen LogP contribution in [0.2, 0.25) is 0 Å². The van der Waals surface area contributed by atoms with E-state index in [9.17, 15) is 9.59 Å². The molecule has 0 aromatic rings. The number of hydrogen-bond acceptors (Lipinski definition) is 3. The van der Waals surface area contributed by atoms with Crippen molar-refractivity contribution in [2.75, 3.05) is 11.9 Å². The summed E-state index contributed by atoms with van der Waals surface area (Å²) >= 11 is 2.99. The van der Waals surface area contributed by atoms with Crippen LogP contribution in [0, 0.1) is 0 Å². The largest absolute Gasteiger partial charge is 0.462 e. The molecule has 0 aliphatic heterocycles. The van der Waals surface area contributed by atoms with Crippen molar-refractivity contribution < 1.29 is 14.3 Å². The van der Waals surface area contributed by atoms with Crippen LogP contribution in [0.25, 0.3) is 0 Å². The topological polar surface area (TPSA) is 43.4 Å². The van der Waals surface area contributed by atoms with Gasteiger partial charge in [-0.05, 0) is 13.3 Å². The number of ketones is 1. The number of ether oxygens (including phenoxy) is 1. The Morgan fingerprint density at radius 3 is 2.46 bits per heavy atom. The molecule has 0 atom stereocenters. The average molecular weight is 249 g/mol. The minimum absolute atomic E-state index is 0.116. The number of alkyl halides is 1. The van der Waals surface area contributed by atoms with E-state index in [2.05, 4.69) is 15.9 Å². The highest BCUT2D eigenvalue weighted by Crippen LogP contribution is 2.03. The fraction of sp³-hybridized carbons (Fsp3) is 0.556. The van der Waals surface area contributed by atoms with E-state index in [-0.39, 0.29) is 16.7 Å². The maximum absolute atomic E-state index is 11.2. The van der Waals surface area contributed by atoms with Gasteiger partial charge in [-0.3, -0.25) is 4.79 Å². The summed E-state index contributed by atoms with van der Waals surface area (Å²) in [5.41, 5.74) is 0.116. The predicted molar refractivity (Wildman–Crippen MR) is 53.8 cm³/mol. The standard InChI is InChI=1S/C9H13BrO3/c1-3-5-13-9(12)7(4-2)8(11)6-10/h4H,3,5-6H2,1-2H3. The Hall–Kier alpha value is -0.640. The van der Waals surface area contributed by atoms with Gasteiger partial charge in [0.15, 0.2) is 5.78 Å². The molecular weight excluding hydrogens is 236 g/mol. The SMILES string of the molecule is CC=C(C(=O)CBr)C(=O)OCCC. The van der Waals surface area contributed by atoms with Crippen molar-refractivity contribution >= 4 is 27.7 Å². The van der Waals surface area contributed by atoms with E-state index < -0.39 is 5.97 Å². The first kappa shape index (κ1) is 12.4. The number of carbonyl (C=O) groups excluding carboxylic acids is 2. The lowest BCUT2D eigenvalue weighted by molar-refractivity contribution is -0.140. The van der Waals surface area contributed by atoms with Crippen LogP contribution in [0.1, 0.15) is 20.3 Å². The lowest BCUT2D eigenvalue weighted by Gasteiger charge is -2.03. The third-order valence-corrected chi connectivity index (χ3v) is 1.88. The van der Waals surface area contributed by atoms with Crippen LogP contribution in [0.3, 0.4) is 0 Å². The van der Waals surface area contributed by atoms with Gasteiger partial charge in [0, 0.05) is 0 Å². The number of carbonyl (C=O) groups is 2. The summed E-state index contributed by atoms with van der Waals surface area (Å²) in [4.78, 5) is 22.3. The van der Waals surface area contributed by atoms with E-state index in [0.29, 0.717) is 6.61 Å². The van der Waals surface area contributed by atoms with E-state index in [1.165, 1.54) is 6.08 Å². The molecule has 0 saturated carbocycles. The molecule has 13 heavy (non-hydrogen) atoms. The zero-order chi connectivity index (χ0) is 10.3. The molecule has 74 valence electrons. The normalized spacial score (nSPS) is 11.2. The molecule has 0 aromatic heterocycles. The van der Waals surface area contributed by atoms with Gasteiger partial charge in [-0.15, -0.1) is 0 Å². The molecule has 0 aliphatic carbocycles. The molecule has 0 saturated heterocycles. The number of esters is 1. The van der Waals surface area contributed by atoms with Crippen molar-refractivity contribution in [3.05, 3.63) is 11.6 Å². The Bertz CT molecular complexity index is 221. The van der Waals surface area contributed by atoms with Crippen LogP contribution in [0.4, 0.5) is 0 Å². The van der Waals surface area contributed by atoms with Gasteiger partial charge in [0.25, 0.3) is 0 Å². The highest BCUT2D eigenvalue weighted by atomic mass is 79.9. The van der Waals surface area contributed by atoms with Crippen molar-refractivity contribution in [2.45, 2.75) is 20.3 Å². The average Bonchev–Trinajstić information content (AvgIpc) is 2.15. The second-order valence-electron chi connectivity index (χ2n) is 2.40. The monoisotopic (exact) mass is 248 g/mol. The summed E-state index contributed by atoms with van der Waals surface area (Å²) in [5, 5.41) is 0.147. The Morgan fingerprint density at radius 1 is 1.46 bits per heavy atom. The number of allylic oxidation sites excluding steroid dienone is 1. The van der Waals surface area contributed by atoms with Gasteiger partial charge < -0.3 is 4.74 Å². The van der Waals surface area contributed by atoms with Crippen LogP contribution in [0.5, 0.6) is 0 Å². The molecule has 4 heteroatoms. The number of Topliss-reactive ketones (excluding diaryl/α,β-unsaturated/α-hetero) is 1. The van der Waals surface area contributed by atoms with E-state index >= 15 is 0 Å². The highest BCUT2D eigenvalue weighted by Gasteiger charge is 2.16. The smallest absolute Gasteiger partial charge is 0.341 e. The van der Waals surface area contributed by atoms with Crippen LogP contribution in [-0.2, 0) is 14.3 Å². The molecule has 0 spiro atoms. The highest BCUT2D eigenvalue weighted by molar-refractivity contribution is 9.09. The third-order valence-electron chi connectivity index (χ3n) is 1.37. The molecule has 0 N–H and O–H groups in total. The van der Waals surface area contributed by atoms with E-state index in [1.54, 1.807) is 6.92 Å². The van der Waals surface area contributed by atoms with Crippen molar-refractivity contribution in [1.29, 1.82) is 0 Å². The quantitative estimate of drug-likeness (QED) is 0.245. The molecule has 0 aliphatic rings. The first-order chi connectivity index (χ1) is 6.17. The zero-order valence-corrected chi connectivity index (χ0v) is 9.39. The molecular formula is C9H13BrO3. The van der Waals surface area contributed by atoms with Gasteiger partial charge in [0.05, 0.1) is 17.5 Å². The maximum Gasteiger partial charge on any atom is 0.341 e. The molecule has 0 aromatic carbocycles.